The summed E-state index contributed by atoms with van der Waals surface area (Å²) in [7, 11) is 0. The number of hydrogen-bond donors (Lipinski definition) is 2. The molecule has 1 aliphatic heterocycles. The molecular formula is C11H16N2O3. The summed E-state index contributed by atoms with van der Waals surface area (Å²) >= 11 is 0. The number of carboxylic acids is 1. The topological polar surface area (TPSA) is 69.6 Å². The molecule has 0 bridgehead atoms. The second-order valence-electron chi connectivity index (χ2n) is 4.12. The van der Waals surface area contributed by atoms with Gasteiger partial charge >= 0.3 is 5.97 Å². The Balaban J connectivity index is 2.74. The smallest absolute Gasteiger partial charge is 0.323 e. The Labute approximate surface area is 94.8 Å². The van der Waals surface area contributed by atoms with E-state index >= 15 is 0 Å². The van der Waals surface area contributed by atoms with Crippen LogP contribution >= 0.6 is 0 Å². The maximum atomic E-state index is 12.1. The van der Waals surface area contributed by atoms with Crippen molar-refractivity contribution in [3.63, 3.8) is 0 Å². The SMILES string of the molecule is C#CCN(CC(=O)O)C(=O)C1(C)CCCN1. The molecule has 1 heterocycles. The van der Waals surface area contributed by atoms with Crippen molar-refractivity contribution in [1.29, 1.82) is 0 Å². The summed E-state index contributed by atoms with van der Waals surface area (Å²) in [5.74, 6) is 1.03. The Morgan fingerprint density at radius 3 is 2.75 bits per heavy atom. The Kier molecular flexibility index (Phi) is 3.91. The summed E-state index contributed by atoms with van der Waals surface area (Å²) in [6.45, 7) is 2.25. The number of hydrogen-bond acceptors (Lipinski definition) is 3. The quantitative estimate of drug-likeness (QED) is 0.642. The third kappa shape index (κ3) is 2.74. The maximum Gasteiger partial charge on any atom is 0.323 e. The first-order valence-electron chi connectivity index (χ1n) is 5.19. The lowest BCUT2D eigenvalue weighted by molar-refractivity contribution is -0.146. The largest absolute Gasteiger partial charge is 0.480 e. The zero-order chi connectivity index (χ0) is 12.2. The van der Waals surface area contributed by atoms with Crippen molar-refractivity contribution >= 4 is 11.9 Å². The van der Waals surface area contributed by atoms with E-state index in [4.69, 9.17) is 11.5 Å². The number of carbonyl (C=O) groups excluding carboxylic acids is 1. The van der Waals surface area contributed by atoms with E-state index in [9.17, 15) is 9.59 Å². The van der Waals surface area contributed by atoms with Crippen LogP contribution < -0.4 is 5.32 Å². The van der Waals surface area contributed by atoms with Crippen molar-refractivity contribution in [2.45, 2.75) is 25.3 Å². The van der Waals surface area contributed by atoms with Gasteiger partial charge in [-0.3, -0.25) is 9.59 Å². The molecule has 0 aromatic carbocycles. The van der Waals surface area contributed by atoms with Crippen molar-refractivity contribution in [3.05, 3.63) is 0 Å². The molecule has 1 unspecified atom stereocenters. The number of nitrogens with zero attached hydrogens (tertiary/aromatic N) is 1. The lowest BCUT2D eigenvalue weighted by Crippen LogP contribution is -2.54. The van der Waals surface area contributed by atoms with Crippen molar-refractivity contribution in [2.75, 3.05) is 19.6 Å². The van der Waals surface area contributed by atoms with Crippen LogP contribution in [0.2, 0.25) is 0 Å². The standard InChI is InChI=1S/C11H16N2O3/c1-3-7-13(8-9(14)15)10(16)11(2)5-4-6-12-11/h1,12H,4-8H2,2H3,(H,14,15). The van der Waals surface area contributed by atoms with Gasteiger partial charge in [0.1, 0.15) is 6.54 Å². The van der Waals surface area contributed by atoms with E-state index in [0.29, 0.717) is 6.42 Å². The van der Waals surface area contributed by atoms with E-state index in [1.165, 1.54) is 4.90 Å². The summed E-state index contributed by atoms with van der Waals surface area (Å²) < 4.78 is 0. The highest BCUT2D eigenvalue weighted by molar-refractivity contribution is 5.89. The van der Waals surface area contributed by atoms with Gasteiger partial charge in [-0.1, -0.05) is 5.92 Å². The molecule has 5 nitrogen and oxygen atoms in total. The molecule has 0 saturated carbocycles. The molecule has 5 heteroatoms. The lowest BCUT2D eigenvalue weighted by Gasteiger charge is -2.29. The van der Waals surface area contributed by atoms with Gasteiger partial charge in [0, 0.05) is 0 Å². The molecule has 0 spiro atoms. The zero-order valence-electron chi connectivity index (χ0n) is 9.32. The molecule has 0 aromatic rings. The zero-order valence-corrected chi connectivity index (χ0v) is 9.32. The van der Waals surface area contributed by atoms with Crippen molar-refractivity contribution in [2.24, 2.45) is 0 Å². The van der Waals surface area contributed by atoms with E-state index in [0.717, 1.165) is 13.0 Å². The van der Waals surface area contributed by atoms with E-state index in [-0.39, 0.29) is 19.0 Å². The molecular weight excluding hydrogens is 208 g/mol. The number of carboxylic acid groups (broad SMARTS) is 1. The van der Waals surface area contributed by atoms with Gasteiger partial charge in [-0.15, -0.1) is 6.42 Å². The number of terminal acetylenes is 1. The molecule has 16 heavy (non-hydrogen) atoms. The van der Waals surface area contributed by atoms with Gasteiger partial charge in [0.15, 0.2) is 0 Å². The van der Waals surface area contributed by atoms with Crippen LogP contribution in [0.15, 0.2) is 0 Å². The van der Waals surface area contributed by atoms with E-state index in [2.05, 4.69) is 11.2 Å². The number of amides is 1. The fourth-order valence-electron chi connectivity index (χ4n) is 1.90. The molecule has 0 radical (unpaired) electrons. The van der Waals surface area contributed by atoms with Gasteiger partial charge < -0.3 is 15.3 Å². The van der Waals surface area contributed by atoms with Gasteiger partial charge in [-0.05, 0) is 26.3 Å². The highest BCUT2D eigenvalue weighted by atomic mass is 16.4. The molecule has 1 fully saturated rings. The molecule has 1 saturated heterocycles. The predicted octanol–water partition coefficient (Wildman–Crippen LogP) is -0.325. The predicted molar refractivity (Wildman–Crippen MR) is 58.7 cm³/mol. The van der Waals surface area contributed by atoms with Crippen molar-refractivity contribution in [1.82, 2.24) is 10.2 Å². The molecule has 1 rings (SSSR count). The van der Waals surface area contributed by atoms with Crippen LogP contribution in [0.5, 0.6) is 0 Å². The van der Waals surface area contributed by atoms with Gasteiger partial charge in [-0.25, -0.2) is 0 Å². The number of aliphatic carboxylic acids is 1. The maximum absolute atomic E-state index is 12.1. The van der Waals surface area contributed by atoms with Gasteiger partial charge in [0.05, 0.1) is 12.1 Å². The summed E-state index contributed by atoms with van der Waals surface area (Å²) in [5, 5.41) is 11.8. The van der Waals surface area contributed by atoms with E-state index in [1.54, 1.807) is 6.92 Å². The van der Waals surface area contributed by atoms with Crippen molar-refractivity contribution in [3.8, 4) is 12.3 Å². The minimum atomic E-state index is -1.05. The average molecular weight is 224 g/mol. The number of rotatable bonds is 4. The van der Waals surface area contributed by atoms with Crippen LogP contribution in [0.4, 0.5) is 0 Å². The average Bonchev–Trinajstić information content (AvgIpc) is 2.64. The molecule has 0 aromatic heterocycles. The van der Waals surface area contributed by atoms with Crippen LogP contribution in [0.3, 0.4) is 0 Å². The number of carbonyl (C=O) groups is 2. The Morgan fingerprint density at radius 2 is 2.31 bits per heavy atom. The highest BCUT2D eigenvalue weighted by Crippen LogP contribution is 2.21. The van der Waals surface area contributed by atoms with Crippen LogP contribution in [0.1, 0.15) is 19.8 Å². The number of nitrogens with one attached hydrogen (secondary N) is 1. The molecule has 2 N–H and O–H groups in total. The Morgan fingerprint density at radius 1 is 1.62 bits per heavy atom. The summed E-state index contributed by atoms with van der Waals surface area (Å²) in [4.78, 5) is 23.9. The minimum absolute atomic E-state index is 0.0302. The first kappa shape index (κ1) is 12.5. The molecule has 1 aliphatic rings. The summed E-state index contributed by atoms with van der Waals surface area (Å²) in [6, 6.07) is 0. The van der Waals surface area contributed by atoms with Gasteiger partial charge in [0.2, 0.25) is 5.91 Å². The monoisotopic (exact) mass is 224 g/mol. The van der Waals surface area contributed by atoms with Gasteiger partial charge in [-0.2, -0.15) is 0 Å². The lowest BCUT2D eigenvalue weighted by atomic mass is 9.98. The minimum Gasteiger partial charge on any atom is -0.480 e. The summed E-state index contributed by atoms with van der Waals surface area (Å²) in [5.41, 5.74) is -0.660. The Bertz CT molecular complexity index is 327. The Hall–Kier alpha value is -1.54. The van der Waals surface area contributed by atoms with E-state index in [1.807, 2.05) is 0 Å². The second-order valence-corrected chi connectivity index (χ2v) is 4.12. The molecule has 1 amide bonds. The fourth-order valence-corrected chi connectivity index (χ4v) is 1.90. The summed E-state index contributed by atoms with van der Waals surface area (Å²) in [6.07, 6.45) is 6.76. The molecule has 1 atom stereocenters. The van der Waals surface area contributed by atoms with Crippen LogP contribution in [-0.4, -0.2) is 47.1 Å². The first-order valence-corrected chi connectivity index (χ1v) is 5.19. The second kappa shape index (κ2) is 4.99. The van der Waals surface area contributed by atoms with Crippen LogP contribution in [-0.2, 0) is 9.59 Å². The first-order chi connectivity index (χ1) is 7.49. The van der Waals surface area contributed by atoms with Crippen LogP contribution in [0.25, 0.3) is 0 Å². The third-order valence-electron chi connectivity index (χ3n) is 2.74. The third-order valence-corrected chi connectivity index (χ3v) is 2.74. The van der Waals surface area contributed by atoms with Gasteiger partial charge in [0.25, 0.3) is 0 Å². The normalized spacial score (nSPS) is 23.8. The van der Waals surface area contributed by atoms with Crippen LogP contribution in [0, 0.1) is 12.3 Å². The van der Waals surface area contributed by atoms with E-state index < -0.39 is 11.5 Å². The van der Waals surface area contributed by atoms with Crippen molar-refractivity contribution < 1.29 is 14.7 Å². The fraction of sp³-hybridized carbons (Fsp3) is 0.636. The highest BCUT2D eigenvalue weighted by Gasteiger charge is 2.39. The molecule has 88 valence electrons. The molecule has 0 aliphatic carbocycles.